The average Bonchev–Trinajstić information content (AvgIpc) is 3.35. The van der Waals surface area contributed by atoms with Crippen LogP contribution in [0, 0.1) is 5.92 Å². The minimum Gasteiger partial charge on any atom is -0.469 e. The lowest BCUT2D eigenvalue weighted by Gasteiger charge is -2.34. The van der Waals surface area contributed by atoms with Crippen molar-refractivity contribution in [1.29, 1.82) is 0 Å². The van der Waals surface area contributed by atoms with E-state index in [1.165, 1.54) is 13.0 Å². The fraction of sp³-hybridized carbons (Fsp3) is 0.650. The largest absolute Gasteiger partial charge is 0.469 e. The smallest absolute Gasteiger partial charge is 0.191 e. The number of piperidine rings is 1. The molecule has 3 heterocycles. The van der Waals surface area contributed by atoms with E-state index < -0.39 is 0 Å². The van der Waals surface area contributed by atoms with Gasteiger partial charge in [-0.25, -0.2) is 0 Å². The zero-order chi connectivity index (χ0) is 18.0. The van der Waals surface area contributed by atoms with Gasteiger partial charge in [-0.3, -0.25) is 4.99 Å². The first-order chi connectivity index (χ1) is 12.8. The quantitative estimate of drug-likeness (QED) is 0.255. The summed E-state index contributed by atoms with van der Waals surface area (Å²) in [5.74, 6) is 2.58. The van der Waals surface area contributed by atoms with E-state index >= 15 is 0 Å². The van der Waals surface area contributed by atoms with E-state index in [0.717, 1.165) is 63.2 Å². The highest BCUT2D eigenvalue weighted by Crippen LogP contribution is 2.17. The standard InChI is InChI=1S/C20H32N4O2.HI/c1-2-9-21-20(22-10-5-19-4-3-13-26-19)23-18-6-11-24(12-7-18)15-17-8-14-25-16-17;/h2-4,13,17-18H,1,5-12,14-16H2,(H2,21,22,23);1H. The van der Waals surface area contributed by atoms with Crippen LogP contribution in [0.2, 0.25) is 0 Å². The van der Waals surface area contributed by atoms with Crippen LogP contribution in [0.25, 0.3) is 0 Å². The van der Waals surface area contributed by atoms with Gasteiger partial charge in [0.05, 0.1) is 12.9 Å². The molecule has 0 aliphatic carbocycles. The number of furan rings is 1. The first kappa shape index (κ1) is 22.2. The van der Waals surface area contributed by atoms with Crippen LogP contribution in [-0.4, -0.2) is 62.8 Å². The van der Waals surface area contributed by atoms with Crippen LogP contribution in [0.4, 0.5) is 0 Å². The minimum atomic E-state index is 0. The Hall–Kier alpha value is -1.06. The third kappa shape index (κ3) is 7.83. The summed E-state index contributed by atoms with van der Waals surface area (Å²) in [5, 5.41) is 6.92. The maximum absolute atomic E-state index is 5.50. The Morgan fingerprint density at radius 2 is 2.19 bits per heavy atom. The Morgan fingerprint density at radius 1 is 1.33 bits per heavy atom. The van der Waals surface area contributed by atoms with Crippen LogP contribution in [0.15, 0.2) is 40.5 Å². The summed E-state index contributed by atoms with van der Waals surface area (Å²) in [5.41, 5.74) is 0. The van der Waals surface area contributed by atoms with E-state index in [4.69, 9.17) is 9.15 Å². The lowest BCUT2D eigenvalue weighted by molar-refractivity contribution is 0.150. The first-order valence-corrected chi connectivity index (χ1v) is 9.81. The Bertz CT molecular complexity index is 550. The lowest BCUT2D eigenvalue weighted by Crippen LogP contribution is -2.49. The maximum atomic E-state index is 5.50. The molecule has 3 rings (SSSR count). The van der Waals surface area contributed by atoms with Crippen molar-refractivity contribution in [2.75, 3.05) is 45.9 Å². The molecule has 6 nitrogen and oxygen atoms in total. The lowest BCUT2D eigenvalue weighted by atomic mass is 10.0. The summed E-state index contributed by atoms with van der Waals surface area (Å²) >= 11 is 0. The summed E-state index contributed by atoms with van der Waals surface area (Å²) in [6, 6.07) is 4.38. The van der Waals surface area contributed by atoms with Gasteiger partial charge in [-0.1, -0.05) is 6.08 Å². The van der Waals surface area contributed by atoms with Gasteiger partial charge in [-0.2, -0.15) is 0 Å². The van der Waals surface area contributed by atoms with E-state index in [0.29, 0.717) is 19.1 Å². The van der Waals surface area contributed by atoms with Crippen molar-refractivity contribution in [3.05, 3.63) is 36.8 Å². The van der Waals surface area contributed by atoms with Crippen LogP contribution in [-0.2, 0) is 11.2 Å². The fourth-order valence-corrected chi connectivity index (χ4v) is 3.60. The van der Waals surface area contributed by atoms with Crippen molar-refractivity contribution >= 4 is 29.9 Å². The van der Waals surface area contributed by atoms with Crippen LogP contribution < -0.4 is 10.6 Å². The van der Waals surface area contributed by atoms with Crippen molar-refractivity contribution in [1.82, 2.24) is 15.5 Å². The van der Waals surface area contributed by atoms with Gasteiger partial charge >= 0.3 is 0 Å². The molecule has 2 fully saturated rings. The number of likely N-dealkylation sites (tertiary alicyclic amines) is 1. The SMILES string of the molecule is C=CCNC(=NCCc1ccco1)NC1CCN(CC2CCOC2)CC1.I. The van der Waals surface area contributed by atoms with Gasteiger partial charge in [0.2, 0.25) is 0 Å². The van der Waals surface area contributed by atoms with E-state index in [-0.39, 0.29) is 24.0 Å². The molecule has 2 aliphatic rings. The average molecular weight is 488 g/mol. The van der Waals surface area contributed by atoms with Crippen LogP contribution in [0.5, 0.6) is 0 Å². The molecule has 0 spiro atoms. The molecule has 0 radical (unpaired) electrons. The number of halogens is 1. The second kappa shape index (κ2) is 12.4. The molecule has 1 atom stereocenters. The summed E-state index contributed by atoms with van der Waals surface area (Å²) < 4.78 is 10.9. The summed E-state index contributed by atoms with van der Waals surface area (Å²) in [7, 11) is 0. The van der Waals surface area contributed by atoms with Gasteiger partial charge in [-0.15, -0.1) is 30.6 Å². The molecule has 2 N–H and O–H groups in total. The molecule has 0 amide bonds. The van der Waals surface area contributed by atoms with Crippen molar-refractivity contribution in [2.45, 2.75) is 31.7 Å². The van der Waals surface area contributed by atoms with Crippen LogP contribution in [0.1, 0.15) is 25.0 Å². The maximum Gasteiger partial charge on any atom is 0.191 e. The van der Waals surface area contributed by atoms with Crippen molar-refractivity contribution in [3.63, 3.8) is 0 Å². The van der Waals surface area contributed by atoms with Gasteiger partial charge in [0, 0.05) is 51.8 Å². The zero-order valence-corrected chi connectivity index (χ0v) is 18.4. The van der Waals surface area contributed by atoms with E-state index in [9.17, 15) is 0 Å². The van der Waals surface area contributed by atoms with Crippen molar-refractivity contribution in [3.8, 4) is 0 Å². The molecule has 1 unspecified atom stereocenters. The minimum absolute atomic E-state index is 0. The van der Waals surface area contributed by atoms with Crippen molar-refractivity contribution in [2.24, 2.45) is 10.9 Å². The second-order valence-corrected chi connectivity index (χ2v) is 7.18. The summed E-state index contributed by atoms with van der Waals surface area (Å²) in [6.45, 7) is 10.6. The number of hydrogen-bond acceptors (Lipinski definition) is 4. The first-order valence-electron chi connectivity index (χ1n) is 9.81. The Labute approximate surface area is 179 Å². The summed E-state index contributed by atoms with van der Waals surface area (Å²) in [4.78, 5) is 7.27. The highest BCUT2D eigenvalue weighted by Gasteiger charge is 2.24. The molecule has 152 valence electrons. The second-order valence-electron chi connectivity index (χ2n) is 7.18. The Morgan fingerprint density at radius 3 is 2.85 bits per heavy atom. The zero-order valence-electron chi connectivity index (χ0n) is 16.1. The molecular weight excluding hydrogens is 455 g/mol. The molecule has 1 aromatic heterocycles. The fourth-order valence-electron chi connectivity index (χ4n) is 3.60. The molecule has 7 heteroatoms. The third-order valence-corrected chi connectivity index (χ3v) is 5.09. The normalized spacial score (nSPS) is 21.6. The van der Waals surface area contributed by atoms with Crippen LogP contribution in [0.3, 0.4) is 0 Å². The third-order valence-electron chi connectivity index (χ3n) is 5.09. The topological polar surface area (TPSA) is 62.0 Å². The molecule has 27 heavy (non-hydrogen) atoms. The number of hydrogen-bond donors (Lipinski definition) is 2. The molecule has 2 aliphatic heterocycles. The van der Waals surface area contributed by atoms with Gasteiger partial charge in [0.1, 0.15) is 5.76 Å². The van der Waals surface area contributed by atoms with Crippen molar-refractivity contribution < 1.29 is 9.15 Å². The predicted molar refractivity (Wildman–Crippen MR) is 120 cm³/mol. The van der Waals surface area contributed by atoms with Gasteiger partial charge in [-0.05, 0) is 37.3 Å². The predicted octanol–water partition coefficient (Wildman–Crippen LogP) is 2.66. The number of guanidine groups is 1. The number of nitrogens with one attached hydrogen (secondary N) is 2. The van der Waals surface area contributed by atoms with Gasteiger partial charge < -0.3 is 24.7 Å². The molecular formula is C20H33IN4O2. The number of aliphatic imine (C=N–C) groups is 1. The van der Waals surface area contributed by atoms with Gasteiger partial charge in [0.15, 0.2) is 5.96 Å². The number of ether oxygens (including phenoxy) is 1. The molecule has 0 bridgehead atoms. The number of rotatable bonds is 8. The molecule has 2 saturated heterocycles. The molecule has 0 saturated carbocycles. The molecule has 0 aromatic carbocycles. The van der Waals surface area contributed by atoms with Gasteiger partial charge in [0.25, 0.3) is 0 Å². The van der Waals surface area contributed by atoms with E-state index in [1.54, 1.807) is 6.26 Å². The Kier molecular flexibility index (Phi) is 10.2. The Balaban J connectivity index is 0.00000261. The highest BCUT2D eigenvalue weighted by molar-refractivity contribution is 14.0. The molecule has 1 aromatic rings. The van der Waals surface area contributed by atoms with E-state index in [1.807, 2.05) is 18.2 Å². The van der Waals surface area contributed by atoms with Crippen LogP contribution >= 0.6 is 24.0 Å². The highest BCUT2D eigenvalue weighted by atomic mass is 127. The summed E-state index contributed by atoms with van der Waals surface area (Å²) in [6.07, 6.45) is 7.91. The monoisotopic (exact) mass is 488 g/mol. The van der Waals surface area contributed by atoms with E-state index in [2.05, 4.69) is 27.1 Å². The number of nitrogens with zero attached hydrogens (tertiary/aromatic N) is 2.